The van der Waals surface area contributed by atoms with Gasteiger partial charge in [0.15, 0.2) is 0 Å². The van der Waals surface area contributed by atoms with Crippen LogP contribution in [0.25, 0.3) is 0 Å². The number of nitrogens with one attached hydrogen (secondary N) is 1. The molecule has 0 saturated heterocycles. The number of rotatable bonds is 3. The summed E-state index contributed by atoms with van der Waals surface area (Å²) in [5.41, 5.74) is -0.122. The zero-order valence-electron chi connectivity index (χ0n) is 9.72. The lowest BCUT2D eigenvalue weighted by Crippen LogP contribution is -2.15. The smallest absolute Gasteiger partial charge is 0.270 e. The number of ether oxygens (including phenoxy) is 1. The van der Waals surface area contributed by atoms with Gasteiger partial charge in [-0.05, 0) is 17.3 Å². The quantitative estimate of drug-likeness (QED) is 0.864. The topological polar surface area (TPSA) is 81.9 Å². The third-order valence-corrected chi connectivity index (χ3v) is 2.15. The predicted molar refractivity (Wildman–Crippen MR) is 59.7 cm³/mol. The van der Waals surface area contributed by atoms with Gasteiger partial charge in [-0.2, -0.15) is 4.80 Å². The first-order valence-electron chi connectivity index (χ1n) is 4.99. The van der Waals surface area contributed by atoms with Crippen molar-refractivity contribution in [3.05, 3.63) is 29.6 Å². The van der Waals surface area contributed by atoms with Gasteiger partial charge in [0.2, 0.25) is 0 Å². The highest BCUT2D eigenvalue weighted by atomic mass is 19.1. The molecule has 94 valence electrons. The Morgan fingerprint density at radius 1 is 1.50 bits per heavy atom. The van der Waals surface area contributed by atoms with Crippen molar-refractivity contribution in [1.29, 1.82) is 0 Å². The molecule has 2 aromatic rings. The first-order valence-corrected chi connectivity index (χ1v) is 4.99. The second kappa shape index (κ2) is 4.78. The number of halogens is 1. The minimum atomic E-state index is -0.684. The molecule has 0 bridgehead atoms. The molecule has 18 heavy (non-hydrogen) atoms. The second-order valence-corrected chi connectivity index (χ2v) is 3.40. The number of anilines is 1. The van der Waals surface area contributed by atoms with E-state index in [1.165, 1.54) is 24.0 Å². The van der Waals surface area contributed by atoms with E-state index in [9.17, 15) is 9.18 Å². The van der Waals surface area contributed by atoms with Gasteiger partial charge in [0.05, 0.1) is 19.7 Å². The molecule has 0 atom stereocenters. The highest BCUT2D eigenvalue weighted by Crippen LogP contribution is 2.16. The van der Waals surface area contributed by atoms with Crippen molar-refractivity contribution in [2.24, 2.45) is 7.05 Å². The van der Waals surface area contributed by atoms with E-state index in [0.717, 1.165) is 6.07 Å². The number of aryl methyl sites for hydroxylation is 1. The van der Waals surface area contributed by atoms with Crippen LogP contribution in [0.3, 0.4) is 0 Å². The first kappa shape index (κ1) is 12.0. The Kier molecular flexibility index (Phi) is 3.18. The molecule has 7 nitrogen and oxygen atoms in total. The molecular formula is C10H10FN5O2. The molecule has 1 heterocycles. The summed E-state index contributed by atoms with van der Waals surface area (Å²) in [6.07, 6.45) is 0. The Morgan fingerprint density at radius 3 is 2.83 bits per heavy atom. The summed E-state index contributed by atoms with van der Waals surface area (Å²) in [7, 11) is 2.97. The second-order valence-electron chi connectivity index (χ2n) is 3.40. The number of hydrogen-bond donors (Lipinski definition) is 1. The molecule has 0 radical (unpaired) electrons. The average molecular weight is 251 g/mol. The minimum absolute atomic E-state index is 0.0118. The molecule has 0 unspecified atom stereocenters. The number of methoxy groups -OCH3 is 1. The molecule has 1 amide bonds. The maximum Gasteiger partial charge on any atom is 0.270 e. The van der Waals surface area contributed by atoms with Crippen molar-refractivity contribution in [1.82, 2.24) is 20.2 Å². The van der Waals surface area contributed by atoms with Crippen LogP contribution in [0, 0.1) is 5.82 Å². The number of aromatic nitrogens is 4. The van der Waals surface area contributed by atoms with Crippen LogP contribution >= 0.6 is 0 Å². The van der Waals surface area contributed by atoms with E-state index in [-0.39, 0.29) is 11.5 Å². The van der Waals surface area contributed by atoms with E-state index in [1.807, 2.05) is 0 Å². The molecule has 1 aromatic heterocycles. The van der Waals surface area contributed by atoms with E-state index >= 15 is 0 Å². The SMILES string of the molecule is COc1ccc(C(=O)Nc2nnn(C)n2)c(F)c1. The van der Waals surface area contributed by atoms with Crippen molar-refractivity contribution < 1.29 is 13.9 Å². The van der Waals surface area contributed by atoms with Gasteiger partial charge in [0.1, 0.15) is 11.6 Å². The van der Waals surface area contributed by atoms with E-state index in [4.69, 9.17) is 4.74 Å². The monoisotopic (exact) mass is 251 g/mol. The number of nitrogens with zero attached hydrogens (tertiary/aromatic N) is 4. The summed E-state index contributed by atoms with van der Waals surface area (Å²) in [4.78, 5) is 12.9. The van der Waals surface area contributed by atoms with Crippen LogP contribution in [0.5, 0.6) is 5.75 Å². The Balaban J connectivity index is 2.18. The third kappa shape index (κ3) is 2.42. The average Bonchev–Trinajstić information content (AvgIpc) is 2.74. The molecule has 1 N–H and O–H groups in total. The summed E-state index contributed by atoms with van der Waals surface area (Å²) in [6.45, 7) is 0. The fourth-order valence-electron chi connectivity index (χ4n) is 1.31. The molecule has 0 saturated carbocycles. The summed E-state index contributed by atoms with van der Waals surface area (Å²) < 4.78 is 18.4. The van der Waals surface area contributed by atoms with Gasteiger partial charge in [-0.25, -0.2) is 4.39 Å². The van der Waals surface area contributed by atoms with E-state index in [2.05, 4.69) is 20.7 Å². The lowest BCUT2D eigenvalue weighted by molar-refractivity contribution is 0.102. The standard InChI is InChI=1S/C10H10FN5O2/c1-16-14-10(13-15-16)12-9(17)7-4-3-6(18-2)5-8(7)11/h3-5H,1-2H3,(H,12,14,17). The molecule has 0 aliphatic carbocycles. The Morgan fingerprint density at radius 2 is 2.28 bits per heavy atom. The molecular weight excluding hydrogens is 241 g/mol. The van der Waals surface area contributed by atoms with Crippen molar-refractivity contribution in [2.45, 2.75) is 0 Å². The van der Waals surface area contributed by atoms with E-state index in [1.54, 1.807) is 7.05 Å². The Labute approximate surface area is 102 Å². The Hall–Kier alpha value is -2.51. The van der Waals surface area contributed by atoms with E-state index in [0.29, 0.717) is 5.75 Å². The number of carbonyl (C=O) groups excluding carboxylic acids is 1. The van der Waals surface area contributed by atoms with E-state index < -0.39 is 11.7 Å². The molecule has 0 spiro atoms. The summed E-state index contributed by atoms with van der Waals surface area (Å²) in [5.74, 6) is -0.988. The molecule has 8 heteroatoms. The highest BCUT2D eigenvalue weighted by molar-refractivity contribution is 6.03. The third-order valence-electron chi connectivity index (χ3n) is 2.15. The molecule has 0 fully saturated rings. The lowest BCUT2D eigenvalue weighted by atomic mass is 10.2. The van der Waals surface area contributed by atoms with Gasteiger partial charge < -0.3 is 4.74 Å². The summed E-state index contributed by atoms with van der Waals surface area (Å²) in [6, 6.07) is 3.93. The lowest BCUT2D eigenvalue weighted by Gasteiger charge is -2.04. The van der Waals surface area contributed by atoms with Crippen molar-refractivity contribution in [3.8, 4) is 5.75 Å². The fourth-order valence-corrected chi connectivity index (χ4v) is 1.31. The number of hydrogen-bond acceptors (Lipinski definition) is 5. The number of benzene rings is 1. The van der Waals surface area contributed by atoms with Crippen LogP contribution in [0.1, 0.15) is 10.4 Å². The van der Waals surface area contributed by atoms with Gasteiger partial charge in [-0.3, -0.25) is 10.1 Å². The first-order chi connectivity index (χ1) is 8.60. The number of amides is 1. The minimum Gasteiger partial charge on any atom is -0.497 e. The maximum absolute atomic E-state index is 13.6. The number of tetrazole rings is 1. The van der Waals surface area contributed by atoms with Crippen molar-refractivity contribution in [2.75, 3.05) is 12.4 Å². The van der Waals surface area contributed by atoms with Crippen LogP contribution in [0.4, 0.5) is 10.3 Å². The highest BCUT2D eigenvalue weighted by Gasteiger charge is 2.14. The molecule has 0 aliphatic rings. The summed E-state index contributed by atoms with van der Waals surface area (Å²) >= 11 is 0. The zero-order valence-corrected chi connectivity index (χ0v) is 9.72. The fraction of sp³-hybridized carbons (Fsp3) is 0.200. The van der Waals surface area contributed by atoms with Crippen molar-refractivity contribution in [3.63, 3.8) is 0 Å². The summed E-state index contributed by atoms with van der Waals surface area (Å²) in [5, 5.41) is 13.2. The predicted octanol–water partition coefficient (Wildman–Crippen LogP) is 0.610. The molecule has 2 rings (SSSR count). The number of carbonyl (C=O) groups is 1. The normalized spacial score (nSPS) is 10.2. The van der Waals surface area contributed by atoms with Gasteiger partial charge in [-0.1, -0.05) is 5.10 Å². The molecule has 1 aromatic carbocycles. The zero-order chi connectivity index (χ0) is 13.1. The molecule has 0 aliphatic heterocycles. The maximum atomic E-state index is 13.6. The van der Waals surface area contributed by atoms with Gasteiger partial charge >= 0.3 is 0 Å². The van der Waals surface area contributed by atoms with Crippen LogP contribution in [0.15, 0.2) is 18.2 Å². The van der Waals surface area contributed by atoms with Crippen molar-refractivity contribution >= 4 is 11.9 Å². The van der Waals surface area contributed by atoms with Crippen LogP contribution in [-0.4, -0.2) is 33.2 Å². The van der Waals surface area contributed by atoms with Crippen LogP contribution in [-0.2, 0) is 7.05 Å². The largest absolute Gasteiger partial charge is 0.497 e. The van der Waals surface area contributed by atoms with Crippen LogP contribution in [0.2, 0.25) is 0 Å². The Bertz CT molecular complexity index is 583. The van der Waals surface area contributed by atoms with Gasteiger partial charge in [-0.15, -0.1) is 5.10 Å². The van der Waals surface area contributed by atoms with Gasteiger partial charge in [0, 0.05) is 6.07 Å². The van der Waals surface area contributed by atoms with Crippen LogP contribution < -0.4 is 10.1 Å². The van der Waals surface area contributed by atoms with Gasteiger partial charge in [0.25, 0.3) is 11.9 Å².